The van der Waals surface area contributed by atoms with Crippen LogP contribution < -0.4 is 5.32 Å². The summed E-state index contributed by atoms with van der Waals surface area (Å²) in [6, 6.07) is 7.12. The summed E-state index contributed by atoms with van der Waals surface area (Å²) in [6.45, 7) is 7.31. The molecule has 4 atom stereocenters. The van der Waals surface area contributed by atoms with Crippen LogP contribution >= 0.6 is 0 Å². The van der Waals surface area contributed by atoms with E-state index in [0.29, 0.717) is 5.92 Å². The van der Waals surface area contributed by atoms with Gasteiger partial charge in [0.1, 0.15) is 11.4 Å². The summed E-state index contributed by atoms with van der Waals surface area (Å²) < 4.78 is 18.8. The molecule has 31 heavy (non-hydrogen) atoms. The molecule has 1 aliphatic carbocycles. The molecular formula is C22H31FN6O2. The predicted octanol–water partition coefficient (Wildman–Crippen LogP) is 3.29. The molecule has 1 saturated carbocycles. The van der Waals surface area contributed by atoms with Crippen molar-refractivity contribution in [1.29, 1.82) is 0 Å². The lowest BCUT2D eigenvalue weighted by atomic mass is 9.97. The molecule has 1 amide bonds. The zero-order chi connectivity index (χ0) is 22.0. The summed E-state index contributed by atoms with van der Waals surface area (Å²) in [5.41, 5.74) is 0.616. The Kier molecular flexibility index (Phi) is 6.22. The van der Waals surface area contributed by atoms with Gasteiger partial charge in [-0.05, 0) is 81.8 Å². The number of carbonyl (C=O) groups excluding carboxylic acids is 1. The average molecular weight is 431 g/mol. The van der Waals surface area contributed by atoms with Gasteiger partial charge in [0, 0.05) is 18.6 Å². The van der Waals surface area contributed by atoms with Crippen molar-refractivity contribution in [3.8, 4) is 0 Å². The lowest BCUT2D eigenvalue weighted by Crippen LogP contribution is -2.52. The number of hydrogen-bond donors (Lipinski definition) is 1. The van der Waals surface area contributed by atoms with Crippen LogP contribution in [0, 0.1) is 5.82 Å². The summed E-state index contributed by atoms with van der Waals surface area (Å²) in [6.07, 6.45) is 4.81. The van der Waals surface area contributed by atoms with Crippen molar-refractivity contribution >= 4 is 6.09 Å². The number of nitrogens with one attached hydrogen (secondary N) is 1. The van der Waals surface area contributed by atoms with Crippen LogP contribution in [0.3, 0.4) is 0 Å². The van der Waals surface area contributed by atoms with Gasteiger partial charge in [-0.15, -0.1) is 10.2 Å². The van der Waals surface area contributed by atoms with Crippen LogP contribution in [0.5, 0.6) is 0 Å². The highest BCUT2D eigenvalue weighted by Crippen LogP contribution is 2.43. The van der Waals surface area contributed by atoms with E-state index >= 15 is 0 Å². The number of hydrogen-bond acceptors (Lipinski definition) is 6. The van der Waals surface area contributed by atoms with Gasteiger partial charge in [0.25, 0.3) is 0 Å². The van der Waals surface area contributed by atoms with Crippen LogP contribution in [0.2, 0.25) is 0 Å². The molecule has 2 heterocycles. The van der Waals surface area contributed by atoms with Crippen molar-refractivity contribution in [1.82, 2.24) is 30.4 Å². The zero-order valence-electron chi connectivity index (χ0n) is 18.4. The summed E-state index contributed by atoms with van der Waals surface area (Å²) in [5, 5.41) is 15.4. The summed E-state index contributed by atoms with van der Waals surface area (Å²) >= 11 is 0. The molecule has 4 rings (SSSR count). The third-order valence-corrected chi connectivity index (χ3v) is 6.14. The monoisotopic (exact) mass is 430 g/mol. The van der Waals surface area contributed by atoms with E-state index in [1.807, 2.05) is 32.9 Å². The second-order valence-electron chi connectivity index (χ2n) is 9.59. The van der Waals surface area contributed by atoms with Gasteiger partial charge in [-0.2, -0.15) is 4.80 Å². The molecule has 2 fully saturated rings. The van der Waals surface area contributed by atoms with Crippen LogP contribution in [-0.4, -0.2) is 62.0 Å². The number of benzene rings is 1. The number of alkyl carbamates (subject to hydrolysis) is 1. The molecule has 0 radical (unpaired) electrons. The largest absolute Gasteiger partial charge is 0.444 e. The minimum atomic E-state index is -0.518. The van der Waals surface area contributed by atoms with E-state index in [2.05, 4.69) is 25.6 Å². The van der Waals surface area contributed by atoms with Gasteiger partial charge in [0.2, 0.25) is 0 Å². The van der Waals surface area contributed by atoms with Crippen molar-refractivity contribution in [3.63, 3.8) is 0 Å². The van der Waals surface area contributed by atoms with Crippen molar-refractivity contribution in [3.05, 3.63) is 42.0 Å². The number of piperidine rings is 1. The van der Waals surface area contributed by atoms with Crippen molar-refractivity contribution in [2.75, 3.05) is 13.1 Å². The number of amides is 1. The molecule has 9 heteroatoms. The number of halogens is 1. The molecule has 2 aromatic rings. The molecular weight excluding hydrogens is 399 g/mol. The standard InChI is InChI=1S/C22H31FN6O2/c1-22(2,3)31-21(30)26-18-5-4-10-28(13-18)19-11-16(15-6-8-17(23)9-7-15)12-20(19)29-25-14-24-27-29/h6-9,14,16,18-20H,4-5,10-13H2,1-3H3,(H,26,30)/t16?,18-,19?,20?/m1/s1. The first-order chi connectivity index (χ1) is 14.8. The summed E-state index contributed by atoms with van der Waals surface area (Å²) in [5.74, 6) is 0.0701. The topological polar surface area (TPSA) is 85.2 Å². The fourth-order valence-corrected chi connectivity index (χ4v) is 4.87. The average Bonchev–Trinajstić information content (AvgIpc) is 3.37. The Balaban J connectivity index is 1.47. The summed E-state index contributed by atoms with van der Waals surface area (Å²) in [4.78, 5) is 16.4. The lowest BCUT2D eigenvalue weighted by molar-refractivity contribution is 0.0439. The van der Waals surface area contributed by atoms with Gasteiger partial charge in [0.05, 0.1) is 6.04 Å². The number of carbonyl (C=O) groups is 1. The molecule has 1 saturated heterocycles. The molecule has 1 aliphatic heterocycles. The van der Waals surface area contributed by atoms with Crippen LogP contribution in [0.1, 0.15) is 64.0 Å². The molecule has 1 N–H and O–H groups in total. The summed E-state index contributed by atoms with van der Waals surface area (Å²) in [7, 11) is 0. The van der Waals surface area contributed by atoms with Crippen LogP contribution in [0.25, 0.3) is 0 Å². The minimum absolute atomic E-state index is 0.0397. The van der Waals surface area contributed by atoms with E-state index in [4.69, 9.17) is 4.74 Å². The molecule has 0 spiro atoms. The Labute approximate surface area is 182 Å². The Morgan fingerprint density at radius 3 is 2.61 bits per heavy atom. The van der Waals surface area contributed by atoms with Crippen molar-refractivity contribution in [2.24, 2.45) is 0 Å². The van der Waals surface area contributed by atoms with Gasteiger partial charge < -0.3 is 10.1 Å². The van der Waals surface area contributed by atoms with E-state index in [1.165, 1.54) is 18.5 Å². The molecule has 1 aromatic carbocycles. The Morgan fingerprint density at radius 2 is 1.94 bits per heavy atom. The minimum Gasteiger partial charge on any atom is -0.444 e. The van der Waals surface area contributed by atoms with E-state index in [1.54, 1.807) is 4.80 Å². The second-order valence-corrected chi connectivity index (χ2v) is 9.59. The van der Waals surface area contributed by atoms with E-state index in [0.717, 1.165) is 44.3 Å². The van der Waals surface area contributed by atoms with Crippen molar-refractivity contribution < 1.29 is 13.9 Å². The lowest BCUT2D eigenvalue weighted by Gasteiger charge is -2.39. The van der Waals surface area contributed by atoms with E-state index in [9.17, 15) is 9.18 Å². The zero-order valence-corrected chi connectivity index (χ0v) is 18.4. The smallest absolute Gasteiger partial charge is 0.407 e. The van der Waals surface area contributed by atoms with Crippen LogP contribution in [0.4, 0.5) is 9.18 Å². The number of aromatic nitrogens is 4. The number of tetrazole rings is 1. The van der Waals surface area contributed by atoms with E-state index < -0.39 is 5.60 Å². The first kappa shape index (κ1) is 21.7. The van der Waals surface area contributed by atoms with Crippen molar-refractivity contribution in [2.45, 2.75) is 76.1 Å². The van der Waals surface area contributed by atoms with Gasteiger partial charge >= 0.3 is 6.09 Å². The van der Waals surface area contributed by atoms with Crippen LogP contribution in [0.15, 0.2) is 30.6 Å². The number of rotatable bonds is 4. The molecule has 8 nitrogen and oxygen atoms in total. The van der Waals surface area contributed by atoms with Crippen LogP contribution in [-0.2, 0) is 4.74 Å². The maximum absolute atomic E-state index is 13.4. The third-order valence-electron chi connectivity index (χ3n) is 6.14. The van der Waals surface area contributed by atoms with Gasteiger partial charge in [-0.1, -0.05) is 12.1 Å². The number of likely N-dealkylation sites (tertiary alicyclic amines) is 1. The molecule has 3 unspecified atom stereocenters. The maximum atomic E-state index is 13.4. The van der Waals surface area contributed by atoms with Gasteiger partial charge in [-0.3, -0.25) is 4.90 Å². The molecule has 2 aliphatic rings. The fraction of sp³-hybridized carbons (Fsp3) is 0.636. The Morgan fingerprint density at radius 1 is 1.19 bits per heavy atom. The van der Waals surface area contributed by atoms with Gasteiger partial charge in [0.15, 0.2) is 6.33 Å². The second kappa shape index (κ2) is 8.90. The molecule has 0 bridgehead atoms. The Hall–Kier alpha value is -2.55. The number of nitrogens with zero attached hydrogens (tertiary/aromatic N) is 5. The maximum Gasteiger partial charge on any atom is 0.407 e. The quantitative estimate of drug-likeness (QED) is 0.801. The first-order valence-corrected chi connectivity index (χ1v) is 11.0. The van der Waals surface area contributed by atoms with E-state index in [-0.39, 0.29) is 30.0 Å². The first-order valence-electron chi connectivity index (χ1n) is 11.0. The normalized spacial score (nSPS) is 27.2. The highest BCUT2D eigenvalue weighted by Gasteiger charge is 2.42. The third kappa shape index (κ3) is 5.39. The van der Waals surface area contributed by atoms with Gasteiger partial charge in [-0.25, -0.2) is 9.18 Å². The SMILES string of the molecule is CC(C)(C)OC(=O)N[C@@H]1CCCN(C2CC(c3ccc(F)cc3)CC2n2ncnn2)C1. The highest BCUT2D eigenvalue weighted by atomic mass is 19.1. The highest BCUT2D eigenvalue weighted by molar-refractivity contribution is 5.68. The predicted molar refractivity (Wildman–Crippen MR) is 113 cm³/mol. The Bertz CT molecular complexity index is 867. The number of ether oxygens (including phenoxy) is 1. The fourth-order valence-electron chi connectivity index (χ4n) is 4.87. The molecule has 168 valence electrons. The molecule has 1 aromatic heterocycles.